The summed E-state index contributed by atoms with van der Waals surface area (Å²) in [7, 11) is 1.69. The van der Waals surface area contributed by atoms with E-state index in [9.17, 15) is 24.3 Å². The number of hydrazine groups is 1. The second-order valence-electron chi connectivity index (χ2n) is 20.1. The molecule has 0 saturated carbocycles. The Morgan fingerprint density at radius 3 is 2.49 bits per heavy atom. The number of aromatic hydroxyl groups is 1. The summed E-state index contributed by atoms with van der Waals surface area (Å²) < 4.78 is 14.3. The Morgan fingerprint density at radius 2 is 1.75 bits per heavy atom. The van der Waals surface area contributed by atoms with Crippen LogP contribution in [0.2, 0.25) is 0 Å². The molecule has 6 bridgehead atoms. The van der Waals surface area contributed by atoms with Gasteiger partial charge in [0.1, 0.15) is 17.8 Å². The van der Waals surface area contributed by atoms with Crippen molar-refractivity contribution >= 4 is 34.6 Å². The molecule has 0 aliphatic carbocycles. The van der Waals surface area contributed by atoms with Crippen LogP contribution in [0.5, 0.6) is 5.75 Å². The van der Waals surface area contributed by atoms with Gasteiger partial charge in [-0.25, -0.2) is 5.43 Å². The average molecular weight is 919 g/mol. The molecule has 0 radical (unpaired) electrons. The Balaban J connectivity index is 1.18. The Hall–Kier alpha value is -5.35. The Bertz CT molecular complexity index is 2460. The van der Waals surface area contributed by atoms with E-state index in [1.54, 1.807) is 25.4 Å². The van der Waals surface area contributed by atoms with Crippen molar-refractivity contribution in [2.45, 2.75) is 123 Å². The molecule has 4 N–H and O–H groups in total. The minimum absolute atomic E-state index is 0.0434. The van der Waals surface area contributed by atoms with E-state index in [1.807, 2.05) is 37.8 Å². The molecule has 6 heterocycles. The summed E-state index contributed by atoms with van der Waals surface area (Å²) in [5, 5.41) is 20.2. The number of methoxy groups -OCH3 is 1. The molecular weight excluding hydrogens is 849 g/mol. The molecule has 2 aromatic carbocycles. The van der Waals surface area contributed by atoms with Crippen LogP contribution in [0.1, 0.15) is 96.6 Å². The third kappa shape index (κ3) is 10.7. The fourth-order valence-corrected chi connectivity index (χ4v) is 10.5. The van der Waals surface area contributed by atoms with Crippen LogP contribution in [0.25, 0.3) is 33.3 Å². The van der Waals surface area contributed by atoms with E-state index in [0.29, 0.717) is 64.1 Å². The zero-order chi connectivity index (χ0) is 47.6. The number of pyridine rings is 1. The van der Waals surface area contributed by atoms with Gasteiger partial charge in [-0.1, -0.05) is 39.8 Å². The third-order valence-electron chi connectivity index (χ3n) is 14.0. The number of phenols is 1. The first kappa shape index (κ1) is 48.1. The van der Waals surface area contributed by atoms with Crippen LogP contribution in [0.4, 0.5) is 0 Å². The summed E-state index contributed by atoms with van der Waals surface area (Å²) in [5.74, 6) is -0.951. The van der Waals surface area contributed by atoms with Gasteiger partial charge < -0.3 is 34.7 Å². The number of hydrogen-bond donors (Lipinski definition) is 4. The lowest BCUT2D eigenvalue weighted by molar-refractivity contribution is -0.155. The van der Waals surface area contributed by atoms with Crippen molar-refractivity contribution in [1.29, 1.82) is 0 Å². The largest absolute Gasteiger partial charge is 0.508 e. The van der Waals surface area contributed by atoms with Gasteiger partial charge in [-0.3, -0.25) is 34.1 Å². The second kappa shape index (κ2) is 20.5. The number of rotatable bonds is 9. The highest BCUT2D eigenvalue weighted by atomic mass is 16.5. The Morgan fingerprint density at radius 1 is 0.985 bits per heavy atom. The molecule has 4 aliphatic rings. The summed E-state index contributed by atoms with van der Waals surface area (Å²) in [6.07, 6.45) is 5.62. The maximum absolute atomic E-state index is 14.8. The van der Waals surface area contributed by atoms with E-state index in [4.69, 9.17) is 14.5 Å². The number of cyclic esters (lactones) is 1. The molecule has 4 aromatic rings. The van der Waals surface area contributed by atoms with Crippen LogP contribution in [-0.4, -0.2) is 130 Å². The molecule has 15 heteroatoms. The van der Waals surface area contributed by atoms with Crippen LogP contribution >= 0.6 is 0 Å². The lowest BCUT2D eigenvalue weighted by atomic mass is 9.84. The SMILES string of the molecule is CCn1c(-c2cccnc2[C@H](C)OC)c2c3cc(ccc31)-c1cc(O)cc(c1)C[C@H](NC(=O)C(C(C)C)N1CCCCN(C(=O)[C@@H]3CN3)CCC1)C(=O)N1CCC[C@H](N1)C(=O)OCC(C)(C)C2. The number of fused-ring (bicyclic) bond motifs is 6. The fourth-order valence-electron chi connectivity index (χ4n) is 10.5. The number of nitrogens with zero attached hydrogens (tertiary/aromatic N) is 5. The number of hydrogen-bond acceptors (Lipinski definition) is 11. The number of carbonyl (C=O) groups excluding carboxylic acids is 4. The second-order valence-corrected chi connectivity index (χ2v) is 20.1. The average Bonchev–Trinajstić information content (AvgIpc) is 4.11. The molecule has 2 aromatic heterocycles. The lowest BCUT2D eigenvalue weighted by Gasteiger charge is -2.37. The molecule has 0 spiro atoms. The summed E-state index contributed by atoms with van der Waals surface area (Å²) in [5.41, 5.74) is 9.94. The van der Waals surface area contributed by atoms with Crippen molar-refractivity contribution in [2.75, 3.05) is 53.0 Å². The van der Waals surface area contributed by atoms with Gasteiger partial charge in [0, 0.05) is 80.9 Å². The number of ether oxygens (including phenoxy) is 2. The van der Waals surface area contributed by atoms with Gasteiger partial charge >= 0.3 is 5.97 Å². The summed E-state index contributed by atoms with van der Waals surface area (Å²) >= 11 is 0. The minimum atomic E-state index is -1.03. The van der Waals surface area contributed by atoms with E-state index in [0.717, 1.165) is 70.4 Å². The lowest BCUT2D eigenvalue weighted by Crippen LogP contribution is -2.62. The summed E-state index contributed by atoms with van der Waals surface area (Å²) in [6.45, 7) is 16.9. The van der Waals surface area contributed by atoms with E-state index >= 15 is 0 Å². The first-order valence-electron chi connectivity index (χ1n) is 24.4. The predicted octanol–water partition coefficient (Wildman–Crippen LogP) is 5.76. The molecule has 1 unspecified atom stereocenters. The number of carbonyl (C=O) groups is 4. The molecule has 15 nitrogen and oxygen atoms in total. The fraction of sp³-hybridized carbons (Fsp3) is 0.558. The smallest absolute Gasteiger partial charge is 0.324 e. The van der Waals surface area contributed by atoms with Crippen molar-refractivity contribution in [3.8, 4) is 28.1 Å². The van der Waals surface area contributed by atoms with Crippen molar-refractivity contribution in [1.82, 2.24) is 40.4 Å². The monoisotopic (exact) mass is 919 g/mol. The van der Waals surface area contributed by atoms with E-state index in [2.05, 4.69) is 70.6 Å². The van der Waals surface area contributed by atoms with Crippen molar-refractivity contribution in [2.24, 2.45) is 11.3 Å². The first-order chi connectivity index (χ1) is 32.2. The van der Waals surface area contributed by atoms with E-state index in [-0.39, 0.29) is 54.6 Å². The number of benzene rings is 2. The third-order valence-corrected chi connectivity index (χ3v) is 14.0. The quantitative estimate of drug-likeness (QED) is 0.118. The van der Waals surface area contributed by atoms with Gasteiger partial charge in [-0.15, -0.1) is 0 Å². The van der Waals surface area contributed by atoms with Gasteiger partial charge in [-0.05, 0) is 123 Å². The van der Waals surface area contributed by atoms with Gasteiger partial charge in [0.2, 0.25) is 11.8 Å². The molecule has 4 aliphatic heterocycles. The van der Waals surface area contributed by atoms with Crippen LogP contribution in [0.15, 0.2) is 54.7 Å². The first-order valence-corrected chi connectivity index (χ1v) is 24.4. The van der Waals surface area contributed by atoms with E-state index < -0.39 is 29.5 Å². The highest BCUT2D eigenvalue weighted by Gasteiger charge is 2.38. The van der Waals surface area contributed by atoms with Crippen molar-refractivity contribution in [3.63, 3.8) is 0 Å². The molecule has 67 heavy (non-hydrogen) atoms. The van der Waals surface area contributed by atoms with E-state index in [1.165, 1.54) is 5.01 Å². The topological polar surface area (TPSA) is 181 Å². The van der Waals surface area contributed by atoms with Gasteiger partial charge in [-0.2, -0.15) is 0 Å². The molecular formula is C52H70N8O7. The maximum atomic E-state index is 14.8. The molecule has 3 saturated heterocycles. The van der Waals surface area contributed by atoms with Crippen LogP contribution in [0, 0.1) is 11.3 Å². The van der Waals surface area contributed by atoms with Crippen molar-refractivity contribution in [3.05, 3.63) is 71.5 Å². The maximum Gasteiger partial charge on any atom is 0.324 e. The predicted molar refractivity (Wildman–Crippen MR) is 258 cm³/mol. The Kier molecular flexibility index (Phi) is 14.7. The minimum Gasteiger partial charge on any atom is -0.508 e. The van der Waals surface area contributed by atoms with Gasteiger partial charge in [0.25, 0.3) is 5.91 Å². The zero-order valence-electron chi connectivity index (χ0n) is 40.4. The number of phenolic OH excluding ortho intramolecular Hbond substituents is 1. The molecule has 3 amide bonds. The number of amides is 3. The van der Waals surface area contributed by atoms with Crippen LogP contribution in [0.3, 0.4) is 0 Å². The molecule has 8 rings (SSSR count). The molecule has 360 valence electrons. The molecule has 3 fully saturated rings. The van der Waals surface area contributed by atoms with Crippen molar-refractivity contribution < 1.29 is 33.8 Å². The normalized spacial score (nSPS) is 22.8. The number of esters is 1. The van der Waals surface area contributed by atoms with Crippen LogP contribution < -0.4 is 16.1 Å². The van der Waals surface area contributed by atoms with Crippen LogP contribution in [-0.2, 0) is 48.0 Å². The number of aromatic nitrogens is 2. The van der Waals surface area contributed by atoms with Gasteiger partial charge in [0.15, 0.2) is 0 Å². The Labute approximate surface area is 394 Å². The summed E-state index contributed by atoms with van der Waals surface area (Å²) in [6, 6.07) is 13.4. The molecule has 5 atom stereocenters. The highest BCUT2D eigenvalue weighted by Crippen LogP contribution is 2.42. The summed E-state index contributed by atoms with van der Waals surface area (Å²) in [4.78, 5) is 65.5. The number of nitrogens with one attached hydrogen (secondary N) is 3. The highest BCUT2D eigenvalue weighted by molar-refractivity contribution is 5.96. The standard InChI is InChI=1S/C52H70N8O7/c1-8-59-44-17-16-35-28-39(44)40(47(59)38-14-11-18-53-45(38)33(4)66-7)29-52(5,6)31-67-51(65)41-15-12-23-60(56-41)50(64)42(26-34-24-36(35)27-37(61)25-34)55-48(62)46(32(2)3)57-19-9-10-20-58(22-13-21-57)49(63)43-30-54-43/h11,14,16-18,24-25,27-28,32-33,41-43,46,54,56,61H,8-10,12-13,15,19-23,26,29-31H2,1-7H3,(H,55,62)/t33-,41-,42-,43-,46?/m0/s1. The zero-order valence-corrected chi connectivity index (χ0v) is 40.4. The van der Waals surface area contributed by atoms with Gasteiger partial charge in [0.05, 0.1) is 36.2 Å². The number of aryl methyl sites for hydroxylation is 1.